The van der Waals surface area contributed by atoms with Gasteiger partial charge in [-0.2, -0.15) is 0 Å². The summed E-state index contributed by atoms with van der Waals surface area (Å²) in [5.41, 5.74) is 0. The molecule has 0 fully saturated rings. The molecule has 8 nitrogen and oxygen atoms in total. The Labute approximate surface area is 509 Å². The summed E-state index contributed by atoms with van der Waals surface area (Å²) in [4.78, 5) is 0. The summed E-state index contributed by atoms with van der Waals surface area (Å²) in [6, 6.07) is 0. The molecule has 0 N–H and O–H groups in total. The Morgan fingerprint density at radius 3 is 0.557 bits per heavy atom. The van der Waals surface area contributed by atoms with Crippen LogP contribution in [0.4, 0.5) is 0 Å². The van der Waals surface area contributed by atoms with E-state index >= 15 is 0 Å². The topological polar surface area (TPSA) is 39.4 Å². The Morgan fingerprint density at radius 2 is 0.414 bits per heavy atom. The van der Waals surface area contributed by atoms with E-state index in [-0.39, 0.29) is 33.0 Å². The summed E-state index contributed by atoms with van der Waals surface area (Å²) in [5, 5.41) is 5.66. The van der Waals surface area contributed by atoms with Gasteiger partial charge in [0.05, 0.1) is 0 Å². The Kier molecular flexibility index (Phi) is 43.1. The van der Waals surface area contributed by atoms with Crippen molar-refractivity contribution in [3.63, 3.8) is 0 Å². The molecule has 0 unspecified atom stereocenters. The molecule has 0 bridgehead atoms. The van der Waals surface area contributed by atoms with Gasteiger partial charge in [-0.05, 0) is 74.6 Å². The first-order valence-electron chi connectivity index (χ1n) is 24.9. The third-order valence-corrected chi connectivity index (χ3v) is 18.0. The maximum Gasteiger partial charge on any atom is 0.176 e. The maximum atomic E-state index is 5.63. The minimum atomic E-state index is 0. The molecule has 0 radical (unpaired) electrons. The zero-order chi connectivity index (χ0) is 51.3. The van der Waals surface area contributed by atoms with Crippen molar-refractivity contribution in [3.05, 3.63) is 19.1 Å². The van der Waals surface area contributed by atoms with Crippen molar-refractivity contribution < 1.29 is 33.0 Å². The van der Waals surface area contributed by atoms with Crippen molar-refractivity contribution in [3.8, 4) is 0 Å². The molecule has 0 atom stereocenters. The molecule has 0 aromatic carbocycles. The predicted octanol–water partition coefficient (Wildman–Crippen LogP) is 14.9. The van der Waals surface area contributed by atoms with Crippen molar-refractivity contribution in [2.45, 2.75) is 248 Å². The summed E-state index contributed by atoms with van der Waals surface area (Å²) in [6.45, 7) is 12.7. The number of aromatic nitrogens is 8. The van der Waals surface area contributed by atoms with Crippen LogP contribution >= 0.6 is 48.9 Å². The third-order valence-electron chi connectivity index (χ3n) is 11.9. The molecule has 0 saturated carbocycles. The Bertz CT molecular complexity index is 1970. The Balaban J connectivity index is 0. The van der Waals surface area contributed by atoms with Gasteiger partial charge in [0.1, 0.15) is 0 Å². The summed E-state index contributed by atoms with van der Waals surface area (Å²) in [6.07, 6.45) is 30.8. The van der Waals surface area contributed by atoms with E-state index in [2.05, 4.69) is 46.0 Å². The summed E-state index contributed by atoms with van der Waals surface area (Å²) < 4.78 is 18.3. The molecule has 0 amide bonds. The molecule has 0 aliphatic carbocycles. The quantitative estimate of drug-likeness (QED) is 0.0235. The number of hydrogen-bond acceptors (Lipinski definition) is 12. The Hall–Kier alpha value is 0.467. The molecule has 0 spiro atoms. The maximum absolute atomic E-state index is 5.63. The van der Waals surface area contributed by atoms with E-state index in [1.165, 1.54) is 128 Å². The number of hydrogen-bond donors (Lipinski definition) is 0. The van der Waals surface area contributed by atoms with Gasteiger partial charge in [0.15, 0.2) is 19.1 Å². The minimum Gasteiger partial charge on any atom is -0.762 e. The largest absolute Gasteiger partial charge is 0.762 e. The summed E-state index contributed by atoms with van der Waals surface area (Å²) in [5.74, 6) is 0. The van der Waals surface area contributed by atoms with Gasteiger partial charge in [-0.1, -0.05) is 156 Å². The van der Waals surface area contributed by atoms with Crippen LogP contribution < -0.4 is 0 Å². The number of imidazole rings is 4. The molecule has 22 heteroatoms. The molecule has 0 aliphatic heterocycles. The first-order valence-corrected chi connectivity index (χ1v) is 29.8. The fourth-order valence-electron chi connectivity index (χ4n) is 7.46. The third kappa shape index (κ3) is 24.6. The zero-order valence-electron chi connectivity index (χ0n) is 42.9. The van der Waals surface area contributed by atoms with Crippen LogP contribution in [0, 0.1) is 19.1 Å². The first-order chi connectivity index (χ1) is 32.4. The van der Waals surface area contributed by atoms with Gasteiger partial charge in [-0.15, -0.1) is 40.2 Å². The predicted molar refractivity (Wildman–Crippen MR) is 316 cm³/mol. The number of nitrogens with zero attached hydrogens (tertiary/aromatic N) is 8. The second-order valence-corrected chi connectivity index (χ2v) is 22.0. The van der Waals surface area contributed by atoms with Crippen molar-refractivity contribution in [1.82, 2.24) is 36.5 Å². The first kappa shape index (κ1) is 72.5. The normalized spacial score (nSPS) is 10.6. The van der Waals surface area contributed by atoms with Crippen LogP contribution in [0.15, 0.2) is 40.2 Å². The van der Waals surface area contributed by atoms with Crippen molar-refractivity contribution >= 4 is 150 Å². The van der Waals surface area contributed by atoms with Crippen molar-refractivity contribution in [1.29, 1.82) is 0 Å². The van der Waals surface area contributed by atoms with Crippen LogP contribution in [0.3, 0.4) is 0 Å². The van der Waals surface area contributed by atoms with Crippen LogP contribution in [0.1, 0.15) is 182 Å². The van der Waals surface area contributed by atoms with E-state index < -0.39 is 0 Å². The summed E-state index contributed by atoms with van der Waals surface area (Å²) in [7, 11) is 7.28. The monoisotopic (exact) mass is 1270 g/mol. The minimum absolute atomic E-state index is 0. The summed E-state index contributed by atoms with van der Waals surface area (Å²) >= 11 is 63.3. The molecule has 4 heterocycles. The molecule has 0 aliphatic rings. The van der Waals surface area contributed by atoms with Crippen LogP contribution in [0.5, 0.6) is 0 Å². The van der Waals surface area contributed by atoms with E-state index in [4.69, 9.17) is 150 Å². The van der Waals surface area contributed by atoms with E-state index in [1.54, 1.807) is 18.3 Å². The van der Waals surface area contributed by atoms with Gasteiger partial charge in [-0.3, -0.25) is 0 Å². The Morgan fingerprint density at radius 1 is 0.257 bits per heavy atom. The second kappa shape index (κ2) is 41.6. The van der Waals surface area contributed by atoms with Crippen LogP contribution in [-0.2, 0) is 188 Å². The average molecular weight is 1270 g/mol. The zero-order valence-corrected chi connectivity index (χ0v) is 54.7. The molecule has 4 aromatic rings. The van der Waals surface area contributed by atoms with E-state index in [0.717, 1.165) is 81.5 Å². The van der Waals surface area contributed by atoms with Gasteiger partial charge >= 0.3 is 0 Å². The van der Waals surface area contributed by atoms with Gasteiger partial charge < -0.3 is 138 Å². The molecular weight excluding hydrogens is 1190 g/mol. The fraction of sp³-hybridized carbons (Fsp3) is 0.750. The van der Waals surface area contributed by atoms with E-state index in [0.29, 0.717) is 29.6 Å². The fourth-order valence-corrected chi connectivity index (χ4v) is 11.1. The smallest absolute Gasteiger partial charge is 0.176 e. The number of rotatable bonds is 28. The van der Waals surface area contributed by atoms with E-state index in [9.17, 15) is 0 Å². The average Bonchev–Trinajstić information content (AvgIpc) is 3.80. The van der Waals surface area contributed by atoms with Gasteiger partial charge in [0.25, 0.3) is 0 Å². The molecule has 70 heavy (non-hydrogen) atoms. The molecule has 0 saturated heterocycles. The van der Waals surface area contributed by atoms with Gasteiger partial charge in [0, 0.05) is 87.4 Å². The molecule has 4 rings (SSSR count). The van der Waals surface area contributed by atoms with Crippen LogP contribution in [0.2, 0.25) is 0 Å². The van der Waals surface area contributed by atoms with Crippen molar-refractivity contribution in [2.75, 3.05) is 0 Å². The number of unbranched alkanes of at least 4 members (excludes halogenated alkanes) is 20. The molecular formula is C48H80N8Ni2S12-8. The van der Waals surface area contributed by atoms with Crippen LogP contribution in [0.25, 0.3) is 0 Å². The van der Waals surface area contributed by atoms with Crippen LogP contribution in [-0.4, -0.2) is 36.5 Å². The molecule has 4 aromatic heterocycles. The van der Waals surface area contributed by atoms with Gasteiger partial charge in [-0.25, -0.2) is 0 Å². The SMILES string of the molecule is CCCCCCCCn1c([S-])c([S-])n(CCCCCCCC)c1=S.CCCCCCCCn1c([S-])c([S-])n(CCCCCCCC)c1=S.Cn1c([S-])c([S-])n(C)c1=S.Cn1c([S-])c([S-])n(C)c1=S.[Ni].[Ni]. The van der Waals surface area contributed by atoms with E-state index in [1.807, 2.05) is 28.2 Å². The van der Waals surface area contributed by atoms with Gasteiger partial charge in [0.2, 0.25) is 0 Å². The van der Waals surface area contributed by atoms with Crippen molar-refractivity contribution in [2.24, 2.45) is 28.2 Å². The second-order valence-electron chi connectivity index (χ2n) is 17.5. The molecule has 412 valence electrons. The standard InChI is InChI=1S/2C19H36N2S3.2C5H8N2S3.2Ni/c2*1-3-5-7-9-11-13-15-20-17(22)18(23)21(19(20)24)16-14-12-10-8-6-4-2;2*1-6-3(8)4(9)7(2)5(6)10;;/h2*22-23H,3-16H2,1-2H3;2*8-9H,1-2H3;;/p-8.